The molecule has 0 unspecified atom stereocenters. The van der Waals surface area contributed by atoms with Crippen LogP contribution >= 0.6 is 24.8 Å². The summed E-state index contributed by atoms with van der Waals surface area (Å²) in [5, 5.41) is 2.94. The van der Waals surface area contributed by atoms with Gasteiger partial charge in [0.2, 0.25) is 11.8 Å². The molecule has 5 nitrogen and oxygen atoms in total. The molecule has 1 amide bonds. The molecular weight excluding hydrogens is 373 g/mol. The monoisotopic (exact) mass is 397 g/mol. The average molecular weight is 398 g/mol. The fraction of sp³-hybridized carbons (Fsp3) is 0.368. The van der Waals surface area contributed by atoms with Crippen LogP contribution in [0.4, 0.5) is 0 Å². The molecular formula is C19H25Cl2N3O2. The van der Waals surface area contributed by atoms with Gasteiger partial charge in [0.25, 0.3) is 0 Å². The minimum atomic E-state index is 0. The molecule has 1 fully saturated rings. The summed E-state index contributed by atoms with van der Waals surface area (Å²) in [5.74, 6) is 1.67. The number of nitrogens with zero attached hydrogens (tertiary/aromatic N) is 1. The minimum absolute atomic E-state index is 0. The molecule has 0 saturated heterocycles. The number of aromatic nitrogens is 1. The number of carbonyl (C=O) groups excluding carboxylic acids is 1. The van der Waals surface area contributed by atoms with Crippen molar-refractivity contribution in [2.75, 3.05) is 0 Å². The third-order valence-electron chi connectivity index (χ3n) is 4.42. The molecule has 1 aromatic carbocycles. The summed E-state index contributed by atoms with van der Waals surface area (Å²) in [4.78, 5) is 16.3. The molecule has 2 aromatic rings. The second-order valence-electron chi connectivity index (χ2n) is 6.26. The van der Waals surface area contributed by atoms with E-state index in [9.17, 15) is 4.79 Å². The van der Waals surface area contributed by atoms with Gasteiger partial charge in [0.05, 0.1) is 0 Å². The predicted molar refractivity (Wildman–Crippen MR) is 107 cm³/mol. The number of nitrogens with two attached hydrogens (primary N) is 1. The standard InChI is InChI=1S/C19H23N3O2.2ClH/c20-17-8-4-5-15(17)11-18(23)21-12-14-9-10-19(22-13-14)24-16-6-2-1-3-7-16;;/h1-3,6-7,9-10,13,15,17H,4-5,8,11-12,20H2,(H,21,23);2*1H/t15-,17+;;/m0../s1. The van der Waals surface area contributed by atoms with E-state index in [1.807, 2.05) is 36.4 Å². The van der Waals surface area contributed by atoms with E-state index in [2.05, 4.69) is 10.3 Å². The van der Waals surface area contributed by atoms with Crippen molar-refractivity contribution in [3.8, 4) is 11.6 Å². The highest BCUT2D eigenvalue weighted by atomic mass is 35.5. The van der Waals surface area contributed by atoms with Gasteiger partial charge in [0.1, 0.15) is 5.75 Å². The molecule has 0 spiro atoms. The normalized spacial score (nSPS) is 18.3. The van der Waals surface area contributed by atoms with Crippen molar-refractivity contribution in [1.29, 1.82) is 0 Å². The molecule has 1 aromatic heterocycles. The molecule has 7 heteroatoms. The molecule has 3 N–H and O–H groups in total. The van der Waals surface area contributed by atoms with Gasteiger partial charge in [-0.15, -0.1) is 24.8 Å². The molecule has 0 aliphatic heterocycles. The predicted octanol–water partition coefficient (Wildman–Crippen LogP) is 3.85. The summed E-state index contributed by atoms with van der Waals surface area (Å²) in [6, 6.07) is 13.4. The van der Waals surface area contributed by atoms with Gasteiger partial charge in [0.15, 0.2) is 0 Å². The second-order valence-corrected chi connectivity index (χ2v) is 6.26. The first kappa shape index (κ1) is 22.2. The van der Waals surface area contributed by atoms with Crippen LogP contribution in [0.2, 0.25) is 0 Å². The molecule has 26 heavy (non-hydrogen) atoms. The number of hydrogen-bond acceptors (Lipinski definition) is 4. The Hall–Kier alpha value is -1.82. The topological polar surface area (TPSA) is 77.2 Å². The zero-order valence-electron chi connectivity index (χ0n) is 14.5. The van der Waals surface area contributed by atoms with Crippen molar-refractivity contribution in [3.05, 3.63) is 54.2 Å². The van der Waals surface area contributed by atoms with Crippen molar-refractivity contribution < 1.29 is 9.53 Å². The van der Waals surface area contributed by atoms with Crippen molar-refractivity contribution in [2.24, 2.45) is 11.7 Å². The zero-order chi connectivity index (χ0) is 16.8. The largest absolute Gasteiger partial charge is 0.439 e. The maximum atomic E-state index is 12.0. The highest BCUT2D eigenvalue weighted by Gasteiger charge is 2.25. The van der Waals surface area contributed by atoms with E-state index in [-0.39, 0.29) is 36.8 Å². The molecule has 1 saturated carbocycles. The average Bonchev–Trinajstić information content (AvgIpc) is 3.00. The Bertz CT molecular complexity index is 668. The lowest BCUT2D eigenvalue weighted by molar-refractivity contribution is -0.122. The van der Waals surface area contributed by atoms with Gasteiger partial charge < -0.3 is 15.8 Å². The van der Waals surface area contributed by atoms with Gasteiger partial charge in [-0.25, -0.2) is 4.98 Å². The Morgan fingerprint density at radius 2 is 1.92 bits per heavy atom. The Labute approximate surface area is 166 Å². The number of rotatable bonds is 6. The van der Waals surface area contributed by atoms with Gasteiger partial charge in [-0.3, -0.25) is 4.79 Å². The van der Waals surface area contributed by atoms with E-state index >= 15 is 0 Å². The van der Waals surface area contributed by atoms with Crippen molar-refractivity contribution in [3.63, 3.8) is 0 Å². The highest BCUT2D eigenvalue weighted by molar-refractivity contribution is 5.85. The van der Waals surface area contributed by atoms with Crippen LogP contribution in [0.25, 0.3) is 0 Å². The van der Waals surface area contributed by atoms with E-state index in [4.69, 9.17) is 10.5 Å². The van der Waals surface area contributed by atoms with Gasteiger partial charge in [0, 0.05) is 31.3 Å². The van der Waals surface area contributed by atoms with E-state index in [0.717, 1.165) is 30.6 Å². The quantitative estimate of drug-likeness (QED) is 0.775. The van der Waals surface area contributed by atoms with Crippen molar-refractivity contribution in [2.45, 2.75) is 38.3 Å². The van der Waals surface area contributed by atoms with E-state index < -0.39 is 0 Å². The van der Waals surface area contributed by atoms with Crippen LogP contribution in [0.3, 0.4) is 0 Å². The molecule has 0 bridgehead atoms. The van der Waals surface area contributed by atoms with Gasteiger partial charge in [-0.1, -0.05) is 30.7 Å². The Kier molecular flexibility index (Phi) is 9.41. The number of ether oxygens (including phenoxy) is 1. The Balaban J connectivity index is 0.00000169. The lowest BCUT2D eigenvalue weighted by Crippen LogP contribution is -2.31. The molecule has 142 valence electrons. The van der Waals surface area contributed by atoms with Crippen LogP contribution in [0.15, 0.2) is 48.7 Å². The van der Waals surface area contributed by atoms with E-state index in [0.29, 0.717) is 24.8 Å². The summed E-state index contributed by atoms with van der Waals surface area (Å²) < 4.78 is 5.65. The summed E-state index contributed by atoms with van der Waals surface area (Å²) in [7, 11) is 0. The van der Waals surface area contributed by atoms with Gasteiger partial charge >= 0.3 is 0 Å². The first-order valence-electron chi connectivity index (χ1n) is 8.41. The molecule has 1 heterocycles. The van der Waals surface area contributed by atoms with Gasteiger partial charge in [-0.2, -0.15) is 0 Å². The van der Waals surface area contributed by atoms with Crippen LogP contribution in [0, 0.1) is 5.92 Å². The number of hydrogen-bond donors (Lipinski definition) is 2. The molecule has 0 radical (unpaired) electrons. The SMILES string of the molecule is Cl.Cl.N[C@@H]1CCC[C@H]1CC(=O)NCc1ccc(Oc2ccccc2)nc1. The third-order valence-corrected chi connectivity index (χ3v) is 4.42. The van der Waals surface area contributed by atoms with Crippen LogP contribution in [0.1, 0.15) is 31.2 Å². The highest BCUT2D eigenvalue weighted by Crippen LogP contribution is 2.26. The first-order valence-corrected chi connectivity index (χ1v) is 8.41. The fourth-order valence-electron chi connectivity index (χ4n) is 3.02. The number of pyridine rings is 1. The van der Waals surface area contributed by atoms with Crippen LogP contribution < -0.4 is 15.8 Å². The zero-order valence-corrected chi connectivity index (χ0v) is 16.1. The number of nitrogens with one attached hydrogen (secondary N) is 1. The number of para-hydroxylation sites is 1. The lowest BCUT2D eigenvalue weighted by Gasteiger charge is -2.14. The lowest BCUT2D eigenvalue weighted by atomic mass is 10.00. The molecule has 2 atom stereocenters. The first-order chi connectivity index (χ1) is 11.7. The maximum Gasteiger partial charge on any atom is 0.220 e. The summed E-state index contributed by atoms with van der Waals surface area (Å²) in [6.07, 6.45) is 5.46. The minimum Gasteiger partial charge on any atom is -0.439 e. The van der Waals surface area contributed by atoms with Crippen LogP contribution in [-0.2, 0) is 11.3 Å². The molecule has 1 aliphatic rings. The van der Waals surface area contributed by atoms with Crippen LogP contribution in [0.5, 0.6) is 11.6 Å². The summed E-state index contributed by atoms with van der Waals surface area (Å²) in [5.41, 5.74) is 6.95. The summed E-state index contributed by atoms with van der Waals surface area (Å²) >= 11 is 0. The van der Waals surface area contributed by atoms with Gasteiger partial charge in [-0.05, 0) is 36.5 Å². The maximum absolute atomic E-state index is 12.0. The number of carbonyl (C=O) groups is 1. The Morgan fingerprint density at radius 1 is 1.15 bits per heavy atom. The Morgan fingerprint density at radius 3 is 2.54 bits per heavy atom. The molecule has 1 aliphatic carbocycles. The van der Waals surface area contributed by atoms with E-state index in [1.54, 1.807) is 12.3 Å². The van der Waals surface area contributed by atoms with Crippen molar-refractivity contribution in [1.82, 2.24) is 10.3 Å². The van der Waals surface area contributed by atoms with Crippen LogP contribution in [-0.4, -0.2) is 16.9 Å². The number of amides is 1. The smallest absolute Gasteiger partial charge is 0.220 e. The number of halogens is 2. The van der Waals surface area contributed by atoms with E-state index in [1.165, 1.54) is 0 Å². The fourth-order valence-corrected chi connectivity index (χ4v) is 3.02. The molecule has 3 rings (SSSR count). The summed E-state index contributed by atoms with van der Waals surface area (Å²) in [6.45, 7) is 0.472. The third kappa shape index (κ3) is 6.48. The second kappa shape index (κ2) is 11.0. The van der Waals surface area contributed by atoms with Crippen molar-refractivity contribution >= 4 is 30.7 Å². The number of benzene rings is 1.